The van der Waals surface area contributed by atoms with Gasteiger partial charge in [0.05, 0.1) is 0 Å². The second kappa shape index (κ2) is 4.97. The zero-order valence-electron chi connectivity index (χ0n) is 6.53. The Bertz CT molecular complexity index is 218. The van der Waals surface area contributed by atoms with Crippen molar-refractivity contribution in [1.29, 1.82) is 0 Å². The molecular formula is C9H11NS. The van der Waals surface area contributed by atoms with E-state index in [0.29, 0.717) is 0 Å². The highest BCUT2D eigenvalue weighted by Crippen LogP contribution is 2.17. The fraction of sp³-hybridized carbons (Fsp3) is 0.222. The molecule has 0 saturated heterocycles. The number of benzene rings is 1. The van der Waals surface area contributed by atoms with E-state index in [1.54, 1.807) is 0 Å². The third-order valence-corrected chi connectivity index (χ3v) is 1.90. The largest absolute Gasteiger partial charge is 0.224 e. The average Bonchev–Trinajstić information content (AvgIpc) is 2.07. The van der Waals surface area contributed by atoms with Gasteiger partial charge in [0.25, 0.3) is 0 Å². The first-order chi connectivity index (χ1) is 5.43. The Labute approximate surface area is 71.7 Å². The first-order valence-electron chi connectivity index (χ1n) is 3.67. The Morgan fingerprint density at radius 2 is 2.09 bits per heavy atom. The van der Waals surface area contributed by atoms with Gasteiger partial charge in [-0.05, 0) is 18.6 Å². The van der Waals surface area contributed by atoms with Crippen molar-refractivity contribution >= 4 is 18.2 Å². The molecule has 0 saturated carbocycles. The van der Waals surface area contributed by atoms with Gasteiger partial charge in [-0.15, -0.1) is 0 Å². The Morgan fingerprint density at radius 3 is 2.73 bits per heavy atom. The highest BCUT2D eigenvalue weighted by molar-refractivity contribution is 7.98. The molecule has 0 amide bonds. The molecule has 0 aliphatic rings. The molecule has 0 aromatic heterocycles. The van der Waals surface area contributed by atoms with Gasteiger partial charge in [-0.25, -0.2) is 4.40 Å². The molecule has 0 radical (unpaired) electrons. The lowest BCUT2D eigenvalue weighted by Gasteiger charge is -1.91. The topological polar surface area (TPSA) is 12.4 Å². The van der Waals surface area contributed by atoms with Crippen molar-refractivity contribution in [3.05, 3.63) is 30.3 Å². The molecule has 2 heteroatoms. The molecule has 1 aromatic rings. The zero-order chi connectivity index (χ0) is 7.94. The summed E-state index contributed by atoms with van der Waals surface area (Å²) >= 11 is 1.51. The minimum Gasteiger partial charge on any atom is -0.224 e. The van der Waals surface area contributed by atoms with Crippen LogP contribution < -0.4 is 0 Å². The molecule has 0 N–H and O–H groups in total. The van der Waals surface area contributed by atoms with Crippen molar-refractivity contribution in [3.63, 3.8) is 0 Å². The van der Waals surface area contributed by atoms with Crippen molar-refractivity contribution < 1.29 is 0 Å². The number of hydrogen-bond donors (Lipinski definition) is 0. The fourth-order valence-corrected chi connectivity index (χ4v) is 1.28. The van der Waals surface area contributed by atoms with Gasteiger partial charge in [-0.2, -0.15) is 0 Å². The first kappa shape index (κ1) is 8.34. The molecular weight excluding hydrogens is 154 g/mol. The van der Waals surface area contributed by atoms with Crippen LogP contribution in [0.1, 0.15) is 13.3 Å². The maximum Gasteiger partial charge on any atom is 0.0305 e. The third kappa shape index (κ3) is 3.23. The maximum atomic E-state index is 4.15. The average molecular weight is 165 g/mol. The molecule has 0 unspecified atom stereocenters. The number of hydrogen-bond acceptors (Lipinski definition) is 2. The Balaban J connectivity index is 2.45. The van der Waals surface area contributed by atoms with E-state index in [2.05, 4.69) is 23.5 Å². The zero-order valence-corrected chi connectivity index (χ0v) is 7.34. The van der Waals surface area contributed by atoms with Crippen LogP contribution in [0.5, 0.6) is 0 Å². The smallest absolute Gasteiger partial charge is 0.0305 e. The summed E-state index contributed by atoms with van der Waals surface area (Å²) in [7, 11) is 0. The van der Waals surface area contributed by atoms with Crippen LogP contribution in [0.25, 0.3) is 0 Å². The molecule has 1 aromatic carbocycles. The van der Waals surface area contributed by atoms with Crippen LogP contribution in [0.3, 0.4) is 0 Å². The third-order valence-electron chi connectivity index (χ3n) is 1.16. The normalized spacial score (nSPS) is 10.6. The van der Waals surface area contributed by atoms with E-state index in [-0.39, 0.29) is 0 Å². The molecule has 0 bridgehead atoms. The Hall–Kier alpha value is -0.760. The van der Waals surface area contributed by atoms with E-state index in [9.17, 15) is 0 Å². The van der Waals surface area contributed by atoms with Gasteiger partial charge in [0.1, 0.15) is 0 Å². The summed E-state index contributed by atoms with van der Waals surface area (Å²) in [5, 5.41) is 0. The first-order valence-corrected chi connectivity index (χ1v) is 4.44. The predicted octanol–water partition coefficient (Wildman–Crippen LogP) is 3.17. The number of rotatable bonds is 3. The van der Waals surface area contributed by atoms with E-state index in [1.807, 2.05) is 24.4 Å². The summed E-state index contributed by atoms with van der Waals surface area (Å²) in [6.07, 6.45) is 2.91. The van der Waals surface area contributed by atoms with Crippen molar-refractivity contribution in [2.24, 2.45) is 4.40 Å². The molecule has 0 fully saturated rings. The highest BCUT2D eigenvalue weighted by atomic mass is 32.2. The molecule has 0 heterocycles. The van der Waals surface area contributed by atoms with Crippen LogP contribution in [-0.4, -0.2) is 6.21 Å². The van der Waals surface area contributed by atoms with Crippen molar-refractivity contribution in [2.45, 2.75) is 18.2 Å². The lowest BCUT2D eigenvalue weighted by Crippen LogP contribution is -1.66. The number of nitrogens with zero attached hydrogens (tertiary/aromatic N) is 1. The predicted molar refractivity (Wildman–Crippen MR) is 51.1 cm³/mol. The molecule has 58 valence electrons. The molecule has 1 rings (SSSR count). The minimum atomic E-state index is 1.000. The van der Waals surface area contributed by atoms with Crippen LogP contribution in [0.15, 0.2) is 39.6 Å². The molecule has 0 spiro atoms. The minimum absolute atomic E-state index is 1.000. The maximum absolute atomic E-state index is 4.15. The monoisotopic (exact) mass is 165 g/mol. The van der Waals surface area contributed by atoms with E-state index < -0.39 is 0 Å². The molecule has 0 aliphatic carbocycles. The van der Waals surface area contributed by atoms with E-state index >= 15 is 0 Å². The Kier molecular flexibility index (Phi) is 3.76. The van der Waals surface area contributed by atoms with Gasteiger partial charge in [-0.3, -0.25) is 0 Å². The van der Waals surface area contributed by atoms with Crippen LogP contribution in [0.4, 0.5) is 0 Å². The summed E-state index contributed by atoms with van der Waals surface area (Å²) in [5.74, 6) is 0. The van der Waals surface area contributed by atoms with Crippen LogP contribution in [0, 0.1) is 0 Å². The lowest BCUT2D eigenvalue weighted by atomic mass is 10.4. The summed E-state index contributed by atoms with van der Waals surface area (Å²) in [4.78, 5) is 1.19. The van der Waals surface area contributed by atoms with Crippen LogP contribution >= 0.6 is 11.9 Å². The van der Waals surface area contributed by atoms with Crippen molar-refractivity contribution in [2.75, 3.05) is 0 Å². The lowest BCUT2D eigenvalue weighted by molar-refractivity contribution is 1.33. The SMILES string of the molecule is CCC=NSc1ccccc1. The Morgan fingerprint density at radius 1 is 1.36 bits per heavy atom. The van der Waals surface area contributed by atoms with Gasteiger partial charge < -0.3 is 0 Å². The van der Waals surface area contributed by atoms with Gasteiger partial charge in [0.15, 0.2) is 0 Å². The summed E-state index contributed by atoms with van der Waals surface area (Å²) in [6.45, 7) is 2.08. The van der Waals surface area contributed by atoms with E-state index in [1.165, 1.54) is 16.8 Å². The quantitative estimate of drug-likeness (QED) is 0.495. The summed E-state index contributed by atoms with van der Waals surface area (Å²) in [5.41, 5.74) is 0. The van der Waals surface area contributed by atoms with E-state index in [0.717, 1.165) is 6.42 Å². The molecule has 1 nitrogen and oxygen atoms in total. The van der Waals surface area contributed by atoms with Gasteiger partial charge >= 0.3 is 0 Å². The molecule has 11 heavy (non-hydrogen) atoms. The van der Waals surface area contributed by atoms with E-state index in [4.69, 9.17) is 0 Å². The molecule has 0 atom stereocenters. The fourth-order valence-electron chi connectivity index (χ4n) is 0.654. The second-order valence-electron chi connectivity index (χ2n) is 2.10. The van der Waals surface area contributed by atoms with Crippen molar-refractivity contribution in [1.82, 2.24) is 0 Å². The van der Waals surface area contributed by atoms with Gasteiger partial charge in [-0.1, -0.05) is 25.1 Å². The van der Waals surface area contributed by atoms with Gasteiger partial charge in [0, 0.05) is 23.1 Å². The second-order valence-corrected chi connectivity index (χ2v) is 2.97. The standard InChI is InChI=1S/C9H11NS/c1-2-8-10-11-9-6-4-3-5-7-9/h3-8H,2H2,1H3. The summed E-state index contributed by atoms with van der Waals surface area (Å²) in [6, 6.07) is 10.1. The van der Waals surface area contributed by atoms with Crippen LogP contribution in [0.2, 0.25) is 0 Å². The highest BCUT2D eigenvalue weighted by Gasteiger charge is 1.85. The van der Waals surface area contributed by atoms with Crippen LogP contribution in [-0.2, 0) is 0 Å². The van der Waals surface area contributed by atoms with Crippen molar-refractivity contribution in [3.8, 4) is 0 Å². The summed E-state index contributed by atoms with van der Waals surface area (Å²) < 4.78 is 4.15. The molecule has 0 aliphatic heterocycles. The van der Waals surface area contributed by atoms with Gasteiger partial charge in [0.2, 0.25) is 0 Å².